The zero-order valence-corrected chi connectivity index (χ0v) is 16.1. The first kappa shape index (κ1) is 21.7. The fraction of sp³-hybridized carbons (Fsp3) is 0.556. The van der Waals surface area contributed by atoms with Gasteiger partial charge in [-0.3, -0.25) is 4.79 Å². The Balaban J connectivity index is 2.34. The predicted molar refractivity (Wildman–Crippen MR) is 102 cm³/mol. The molecule has 0 aliphatic carbocycles. The molecular formula is C18H30N4O4. The standard InChI is InChI=1S/C18H30N4O4/c1-22(2)17(23)13-21-18(19-9-11-24-3)20-10-12-26-14-15-5-7-16(25-4)8-6-15/h5-8H,9-14H2,1-4H3,(H2,19,20,21). The zero-order valence-electron chi connectivity index (χ0n) is 16.1. The number of benzene rings is 1. The van der Waals surface area contributed by atoms with Crippen molar-refractivity contribution >= 4 is 11.9 Å². The van der Waals surface area contributed by atoms with Gasteiger partial charge in [-0.1, -0.05) is 12.1 Å². The Morgan fingerprint density at radius 3 is 2.31 bits per heavy atom. The average molecular weight is 366 g/mol. The molecule has 0 atom stereocenters. The molecule has 146 valence electrons. The van der Waals surface area contributed by atoms with Crippen molar-refractivity contribution in [2.45, 2.75) is 6.61 Å². The monoisotopic (exact) mass is 366 g/mol. The molecule has 0 radical (unpaired) electrons. The number of amides is 1. The lowest BCUT2D eigenvalue weighted by molar-refractivity contribution is -0.127. The van der Waals surface area contributed by atoms with Crippen molar-refractivity contribution < 1.29 is 19.0 Å². The van der Waals surface area contributed by atoms with Crippen molar-refractivity contribution in [1.82, 2.24) is 15.5 Å². The lowest BCUT2D eigenvalue weighted by Gasteiger charge is -2.13. The van der Waals surface area contributed by atoms with Crippen molar-refractivity contribution in [3.05, 3.63) is 29.8 Å². The van der Waals surface area contributed by atoms with Gasteiger partial charge in [-0.05, 0) is 17.7 Å². The first-order chi connectivity index (χ1) is 12.6. The van der Waals surface area contributed by atoms with Crippen LogP contribution in [0, 0.1) is 0 Å². The average Bonchev–Trinajstić information content (AvgIpc) is 2.65. The Kier molecular flexibility index (Phi) is 10.8. The third-order valence-electron chi connectivity index (χ3n) is 3.44. The fourth-order valence-corrected chi connectivity index (χ4v) is 1.89. The third kappa shape index (κ3) is 9.24. The molecule has 0 spiro atoms. The molecule has 0 unspecified atom stereocenters. The maximum Gasteiger partial charge on any atom is 0.243 e. The van der Waals surface area contributed by atoms with E-state index in [-0.39, 0.29) is 12.5 Å². The molecule has 0 aliphatic rings. The zero-order chi connectivity index (χ0) is 19.2. The smallest absolute Gasteiger partial charge is 0.243 e. The normalized spacial score (nSPS) is 11.2. The largest absolute Gasteiger partial charge is 0.497 e. The molecule has 8 nitrogen and oxygen atoms in total. The number of ether oxygens (including phenoxy) is 3. The van der Waals surface area contributed by atoms with Crippen LogP contribution in [0.5, 0.6) is 5.75 Å². The van der Waals surface area contributed by atoms with Crippen molar-refractivity contribution in [2.75, 3.05) is 61.2 Å². The van der Waals surface area contributed by atoms with E-state index >= 15 is 0 Å². The highest BCUT2D eigenvalue weighted by Crippen LogP contribution is 2.11. The molecule has 1 rings (SSSR count). The summed E-state index contributed by atoms with van der Waals surface area (Å²) in [5, 5.41) is 6.25. The quantitative estimate of drug-likeness (QED) is 0.337. The van der Waals surface area contributed by atoms with Gasteiger partial charge in [0, 0.05) is 34.3 Å². The SMILES string of the molecule is COCCNC(=NCC(=O)N(C)C)NCCOCc1ccc(OC)cc1. The van der Waals surface area contributed by atoms with Crippen LogP contribution in [0.4, 0.5) is 0 Å². The van der Waals surface area contributed by atoms with E-state index in [0.717, 1.165) is 11.3 Å². The van der Waals surface area contributed by atoms with Crippen LogP contribution < -0.4 is 15.4 Å². The van der Waals surface area contributed by atoms with Crippen LogP contribution in [-0.2, 0) is 20.9 Å². The molecule has 1 amide bonds. The van der Waals surface area contributed by atoms with Gasteiger partial charge in [-0.25, -0.2) is 4.99 Å². The number of aliphatic imine (C=N–C) groups is 1. The number of carbonyl (C=O) groups excluding carboxylic acids is 1. The summed E-state index contributed by atoms with van der Waals surface area (Å²) in [5.41, 5.74) is 1.08. The lowest BCUT2D eigenvalue weighted by atomic mass is 10.2. The van der Waals surface area contributed by atoms with Crippen LogP contribution in [0.25, 0.3) is 0 Å². The molecular weight excluding hydrogens is 336 g/mol. The number of guanidine groups is 1. The van der Waals surface area contributed by atoms with Crippen molar-refractivity contribution in [1.29, 1.82) is 0 Å². The topological polar surface area (TPSA) is 84.4 Å². The number of methoxy groups -OCH3 is 2. The maximum absolute atomic E-state index is 11.7. The van der Waals surface area contributed by atoms with Crippen LogP contribution in [0.3, 0.4) is 0 Å². The lowest BCUT2D eigenvalue weighted by Crippen LogP contribution is -2.41. The van der Waals surface area contributed by atoms with Crippen molar-refractivity contribution in [2.24, 2.45) is 4.99 Å². The molecule has 0 saturated carbocycles. The van der Waals surface area contributed by atoms with Crippen molar-refractivity contribution in [3.63, 3.8) is 0 Å². The molecule has 8 heteroatoms. The van der Waals surface area contributed by atoms with Crippen LogP contribution in [-0.4, -0.2) is 77.9 Å². The highest BCUT2D eigenvalue weighted by molar-refractivity contribution is 5.84. The summed E-state index contributed by atoms with van der Waals surface area (Å²) in [5.74, 6) is 1.32. The van der Waals surface area contributed by atoms with E-state index in [1.807, 2.05) is 24.3 Å². The van der Waals surface area contributed by atoms with E-state index in [1.165, 1.54) is 4.90 Å². The van der Waals surface area contributed by atoms with Gasteiger partial charge < -0.3 is 29.7 Å². The number of rotatable bonds is 11. The van der Waals surface area contributed by atoms with Crippen LogP contribution >= 0.6 is 0 Å². The van der Waals surface area contributed by atoms with Gasteiger partial charge in [-0.2, -0.15) is 0 Å². The van der Waals surface area contributed by atoms with Crippen LogP contribution in [0.2, 0.25) is 0 Å². The summed E-state index contributed by atoms with van der Waals surface area (Å²) in [4.78, 5) is 17.4. The number of hydrogen-bond donors (Lipinski definition) is 2. The maximum atomic E-state index is 11.7. The third-order valence-corrected chi connectivity index (χ3v) is 3.44. The molecule has 0 aromatic heterocycles. The second-order valence-electron chi connectivity index (χ2n) is 5.70. The molecule has 0 aliphatic heterocycles. The molecule has 2 N–H and O–H groups in total. The highest BCUT2D eigenvalue weighted by Gasteiger charge is 2.04. The Bertz CT molecular complexity index is 547. The molecule has 0 saturated heterocycles. The molecule has 1 aromatic carbocycles. The first-order valence-electron chi connectivity index (χ1n) is 8.48. The van der Waals surface area contributed by atoms with E-state index in [9.17, 15) is 4.79 Å². The van der Waals surface area contributed by atoms with Gasteiger partial charge in [0.25, 0.3) is 0 Å². The van der Waals surface area contributed by atoms with E-state index in [2.05, 4.69) is 15.6 Å². The Labute approximate surface area is 155 Å². The number of nitrogens with zero attached hydrogens (tertiary/aromatic N) is 2. The Hall–Kier alpha value is -2.32. The van der Waals surface area contributed by atoms with E-state index < -0.39 is 0 Å². The van der Waals surface area contributed by atoms with Crippen molar-refractivity contribution in [3.8, 4) is 5.75 Å². The molecule has 0 bridgehead atoms. The predicted octanol–water partition coefficient (Wildman–Crippen LogP) is 0.482. The minimum absolute atomic E-state index is 0.0615. The van der Waals surface area contributed by atoms with Gasteiger partial charge in [0.2, 0.25) is 5.91 Å². The first-order valence-corrected chi connectivity index (χ1v) is 8.48. The minimum atomic E-state index is -0.0615. The number of carbonyl (C=O) groups is 1. The van der Waals surface area contributed by atoms with E-state index in [0.29, 0.717) is 38.9 Å². The summed E-state index contributed by atoms with van der Waals surface area (Å²) in [6.45, 7) is 2.85. The van der Waals surface area contributed by atoms with Gasteiger partial charge in [-0.15, -0.1) is 0 Å². The van der Waals surface area contributed by atoms with E-state index in [4.69, 9.17) is 14.2 Å². The molecule has 1 aromatic rings. The molecule has 26 heavy (non-hydrogen) atoms. The van der Waals surface area contributed by atoms with Gasteiger partial charge in [0.15, 0.2) is 5.96 Å². The summed E-state index contributed by atoms with van der Waals surface area (Å²) < 4.78 is 15.8. The Morgan fingerprint density at radius 2 is 1.73 bits per heavy atom. The number of hydrogen-bond acceptors (Lipinski definition) is 5. The second-order valence-corrected chi connectivity index (χ2v) is 5.70. The summed E-state index contributed by atoms with van der Waals surface area (Å²) in [6, 6.07) is 7.75. The van der Waals surface area contributed by atoms with Crippen LogP contribution in [0.15, 0.2) is 29.3 Å². The summed E-state index contributed by atoms with van der Waals surface area (Å²) in [7, 11) is 6.68. The number of likely N-dealkylation sites (N-methyl/N-ethyl adjacent to an activating group) is 1. The minimum Gasteiger partial charge on any atom is -0.497 e. The summed E-state index contributed by atoms with van der Waals surface area (Å²) >= 11 is 0. The molecule has 0 heterocycles. The Morgan fingerprint density at radius 1 is 1.08 bits per heavy atom. The van der Waals surface area contributed by atoms with E-state index in [1.54, 1.807) is 28.3 Å². The summed E-state index contributed by atoms with van der Waals surface area (Å²) in [6.07, 6.45) is 0. The molecule has 0 fully saturated rings. The van der Waals surface area contributed by atoms with Gasteiger partial charge in [0.05, 0.1) is 26.9 Å². The number of nitrogens with one attached hydrogen (secondary N) is 2. The second kappa shape index (κ2) is 13.0. The highest BCUT2D eigenvalue weighted by atomic mass is 16.5. The van der Waals surface area contributed by atoms with Gasteiger partial charge in [0.1, 0.15) is 12.3 Å². The van der Waals surface area contributed by atoms with Gasteiger partial charge >= 0.3 is 0 Å². The fourth-order valence-electron chi connectivity index (χ4n) is 1.89. The van der Waals surface area contributed by atoms with Crippen LogP contribution in [0.1, 0.15) is 5.56 Å².